The van der Waals surface area contributed by atoms with Crippen molar-refractivity contribution in [3.63, 3.8) is 0 Å². The fourth-order valence-electron chi connectivity index (χ4n) is 3.43. The van der Waals surface area contributed by atoms with Crippen molar-refractivity contribution < 1.29 is 19.0 Å². The van der Waals surface area contributed by atoms with Crippen molar-refractivity contribution in [2.45, 2.75) is 51.4 Å². The number of aliphatic imine (C=N–C) groups is 1. The lowest BCUT2D eigenvalue weighted by molar-refractivity contribution is 0.153. The van der Waals surface area contributed by atoms with Crippen LogP contribution in [0.1, 0.15) is 50.0 Å². The van der Waals surface area contributed by atoms with Crippen molar-refractivity contribution in [3.8, 4) is 11.5 Å². The van der Waals surface area contributed by atoms with E-state index in [0.29, 0.717) is 31.4 Å². The van der Waals surface area contributed by atoms with Crippen LogP contribution in [0.5, 0.6) is 11.5 Å². The highest BCUT2D eigenvalue weighted by molar-refractivity contribution is 5.79. The van der Waals surface area contributed by atoms with Crippen LogP contribution in [0, 0.1) is 0 Å². The number of nitrogens with one attached hydrogen (secondary N) is 2. The second-order valence-electron chi connectivity index (χ2n) is 7.08. The van der Waals surface area contributed by atoms with Crippen LogP contribution < -0.4 is 20.1 Å². The van der Waals surface area contributed by atoms with Crippen molar-refractivity contribution in [2.75, 3.05) is 20.2 Å². The van der Waals surface area contributed by atoms with E-state index in [1.165, 1.54) is 12.8 Å². The Labute approximate surface area is 172 Å². The number of methoxy groups -OCH3 is 1. The minimum atomic E-state index is -0.744. The van der Waals surface area contributed by atoms with Gasteiger partial charge in [0.2, 0.25) is 0 Å². The van der Waals surface area contributed by atoms with Gasteiger partial charge in [-0.3, -0.25) is 0 Å². The molecule has 3 rings (SSSR count). The van der Waals surface area contributed by atoms with Crippen LogP contribution in [-0.2, 0) is 6.54 Å². The summed E-state index contributed by atoms with van der Waals surface area (Å²) >= 11 is 0. The van der Waals surface area contributed by atoms with E-state index < -0.39 is 6.10 Å². The fourth-order valence-corrected chi connectivity index (χ4v) is 3.43. The predicted octanol–water partition coefficient (Wildman–Crippen LogP) is 3.40. The molecule has 1 fully saturated rings. The molecule has 1 heterocycles. The number of hydrogen-bond donors (Lipinski definition) is 3. The maximum Gasteiger partial charge on any atom is 0.191 e. The molecule has 0 bridgehead atoms. The van der Waals surface area contributed by atoms with Gasteiger partial charge < -0.3 is 29.6 Å². The molecule has 0 saturated heterocycles. The van der Waals surface area contributed by atoms with Gasteiger partial charge in [0.05, 0.1) is 32.6 Å². The molecule has 1 aliphatic rings. The number of guanidine groups is 1. The summed E-state index contributed by atoms with van der Waals surface area (Å²) in [5.74, 6) is 2.65. The van der Waals surface area contributed by atoms with E-state index in [1.54, 1.807) is 25.5 Å². The summed E-state index contributed by atoms with van der Waals surface area (Å²) in [6.45, 7) is 3.45. The summed E-state index contributed by atoms with van der Waals surface area (Å²) in [5.41, 5.74) is 0.972. The number of aliphatic hydroxyl groups is 1. The van der Waals surface area contributed by atoms with Crippen molar-refractivity contribution in [2.24, 2.45) is 4.99 Å². The van der Waals surface area contributed by atoms with Gasteiger partial charge >= 0.3 is 0 Å². The molecular weight excluding hydrogens is 370 g/mol. The summed E-state index contributed by atoms with van der Waals surface area (Å²) in [6, 6.07) is 9.39. The van der Waals surface area contributed by atoms with E-state index in [1.807, 2.05) is 25.1 Å². The van der Waals surface area contributed by atoms with Crippen LogP contribution in [0.25, 0.3) is 0 Å². The number of para-hydroxylation sites is 1. The van der Waals surface area contributed by atoms with Crippen molar-refractivity contribution in [1.82, 2.24) is 10.6 Å². The molecular formula is C22H31N3O4. The first-order valence-corrected chi connectivity index (χ1v) is 10.3. The van der Waals surface area contributed by atoms with E-state index in [2.05, 4.69) is 15.6 Å². The van der Waals surface area contributed by atoms with Crippen molar-refractivity contribution in [1.29, 1.82) is 0 Å². The topological polar surface area (TPSA) is 88.3 Å². The molecule has 0 spiro atoms. The molecule has 1 aromatic carbocycles. The first kappa shape index (κ1) is 21.0. The quantitative estimate of drug-likeness (QED) is 0.441. The lowest BCUT2D eigenvalue weighted by Gasteiger charge is -2.19. The summed E-state index contributed by atoms with van der Waals surface area (Å²) < 4.78 is 17.0. The van der Waals surface area contributed by atoms with Gasteiger partial charge in [-0.2, -0.15) is 0 Å². The van der Waals surface area contributed by atoms with Crippen LogP contribution >= 0.6 is 0 Å². The zero-order valence-corrected chi connectivity index (χ0v) is 17.2. The number of rotatable bonds is 9. The van der Waals surface area contributed by atoms with E-state index in [0.717, 1.165) is 29.9 Å². The molecule has 0 aliphatic heterocycles. The van der Waals surface area contributed by atoms with Gasteiger partial charge in [0.1, 0.15) is 11.9 Å². The molecule has 1 unspecified atom stereocenters. The maximum absolute atomic E-state index is 10.2. The third-order valence-corrected chi connectivity index (χ3v) is 4.95. The van der Waals surface area contributed by atoms with Crippen molar-refractivity contribution >= 4 is 5.96 Å². The molecule has 7 heteroatoms. The van der Waals surface area contributed by atoms with Crippen LogP contribution in [0.3, 0.4) is 0 Å². The average molecular weight is 402 g/mol. The van der Waals surface area contributed by atoms with Crippen LogP contribution in [0.4, 0.5) is 0 Å². The monoisotopic (exact) mass is 401 g/mol. The van der Waals surface area contributed by atoms with Crippen molar-refractivity contribution in [3.05, 3.63) is 47.9 Å². The van der Waals surface area contributed by atoms with E-state index in [9.17, 15) is 5.11 Å². The minimum Gasteiger partial charge on any atom is -0.493 e. The highest BCUT2D eigenvalue weighted by atomic mass is 16.5. The van der Waals surface area contributed by atoms with Gasteiger partial charge in [0.25, 0.3) is 0 Å². The number of furan rings is 1. The Morgan fingerprint density at radius 1 is 1.24 bits per heavy atom. The Balaban J connectivity index is 1.69. The predicted molar refractivity (Wildman–Crippen MR) is 112 cm³/mol. The lowest BCUT2D eigenvalue weighted by Crippen LogP contribution is -2.39. The van der Waals surface area contributed by atoms with Gasteiger partial charge in [-0.15, -0.1) is 0 Å². The standard InChI is InChI=1S/C22H31N3O4/c1-3-23-22(25-15-18(26)19-12-7-13-28-19)24-14-16-8-6-11-20(27-2)21(16)29-17-9-4-5-10-17/h6-8,11-13,17-18,26H,3-5,9-10,14-15H2,1-2H3,(H2,23,24,25). The highest BCUT2D eigenvalue weighted by Crippen LogP contribution is 2.35. The van der Waals surface area contributed by atoms with Gasteiger partial charge in [-0.05, 0) is 50.8 Å². The Kier molecular flexibility index (Phi) is 7.81. The Hall–Kier alpha value is -2.67. The minimum absolute atomic E-state index is 0.240. The second-order valence-corrected chi connectivity index (χ2v) is 7.08. The second kappa shape index (κ2) is 10.8. The number of ether oxygens (including phenoxy) is 2. The fraction of sp³-hybridized carbons (Fsp3) is 0.500. The number of hydrogen-bond acceptors (Lipinski definition) is 5. The molecule has 1 aliphatic carbocycles. The normalized spacial score (nSPS) is 15.9. The Morgan fingerprint density at radius 3 is 2.76 bits per heavy atom. The van der Waals surface area contributed by atoms with Crippen LogP contribution in [-0.4, -0.2) is 37.4 Å². The molecule has 0 radical (unpaired) electrons. The summed E-state index contributed by atoms with van der Waals surface area (Å²) in [6.07, 6.45) is 5.62. The molecule has 1 aromatic heterocycles. The molecule has 3 N–H and O–H groups in total. The highest BCUT2D eigenvalue weighted by Gasteiger charge is 2.20. The van der Waals surface area contributed by atoms with Gasteiger partial charge in [-0.25, -0.2) is 4.99 Å². The lowest BCUT2D eigenvalue weighted by atomic mass is 10.1. The zero-order chi connectivity index (χ0) is 20.5. The van der Waals surface area contributed by atoms with E-state index in [-0.39, 0.29) is 6.10 Å². The van der Waals surface area contributed by atoms with Crippen LogP contribution in [0.2, 0.25) is 0 Å². The largest absolute Gasteiger partial charge is 0.493 e. The molecule has 158 valence electrons. The SMILES string of the molecule is CCNC(=NCc1cccc(OC)c1OC1CCCC1)NCC(O)c1ccco1. The molecule has 7 nitrogen and oxygen atoms in total. The number of aliphatic hydroxyl groups excluding tert-OH is 1. The van der Waals surface area contributed by atoms with Crippen LogP contribution in [0.15, 0.2) is 46.0 Å². The first-order chi connectivity index (χ1) is 14.2. The smallest absolute Gasteiger partial charge is 0.191 e. The third kappa shape index (κ3) is 5.90. The summed E-state index contributed by atoms with van der Waals surface area (Å²) in [5, 5.41) is 16.6. The number of nitrogens with zero attached hydrogens (tertiary/aromatic N) is 1. The third-order valence-electron chi connectivity index (χ3n) is 4.95. The van der Waals surface area contributed by atoms with Gasteiger partial charge in [-0.1, -0.05) is 12.1 Å². The molecule has 29 heavy (non-hydrogen) atoms. The Morgan fingerprint density at radius 2 is 2.07 bits per heavy atom. The van der Waals surface area contributed by atoms with Gasteiger partial charge in [0.15, 0.2) is 17.5 Å². The Bertz CT molecular complexity index is 770. The molecule has 1 saturated carbocycles. The summed E-state index contributed by atoms with van der Waals surface area (Å²) in [4.78, 5) is 4.66. The summed E-state index contributed by atoms with van der Waals surface area (Å²) in [7, 11) is 1.66. The average Bonchev–Trinajstić information content (AvgIpc) is 3.44. The van der Waals surface area contributed by atoms with Gasteiger partial charge in [0, 0.05) is 12.1 Å². The van der Waals surface area contributed by atoms with E-state index in [4.69, 9.17) is 13.9 Å². The first-order valence-electron chi connectivity index (χ1n) is 10.3. The molecule has 0 amide bonds. The van der Waals surface area contributed by atoms with E-state index >= 15 is 0 Å². The zero-order valence-electron chi connectivity index (χ0n) is 17.2. The number of benzene rings is 1. The maximum atomic E-state index is 10.2. The molecule has 1 atom stereocenters. The molecule has 2 aromatic rings.